The van der Waals surface area contributed by atoms with Crippen LogP contribution in [-0.2, 0) is 9.59 Å². The molecule has 1 fully saturated rings. The molecule has 7 nitrogen and oxygen atoms in total. The maximum Gasteiger partial charge on any atom is 0.238 e. The normalized spacial score (nSPS) is 18.9. The second-order valence-electron chi connectivity index (χ2n) is 5.00. The molecule has 0 bridgehead atoms. The standard InChI is InChI=1S/C13H17Cl2N5O2/c14-8-3-7(16)4-9(15)12(8)19-11(21)6-20-2-1-18-5-10(20)13(17)22/h3-4,10,18H,1-2,5-6,16H2,(H2,17,22)(H,19,21). The van der Waals surface area contributed by atoms with Crippen LogP contribution in [0.15, 0.2) is 12.1 Å². The van der Waals surface area contributed by atoms with Crippen molar-refractivity contribution >= 4 is 46.4 Å². The number of nitrogens with one attached hydrogen (secondary N) is 2. The summed E-state index contributed by atoms with van der Waals surface area (Å²) in [5.74, 6) is -0.801. The van der Waals surface area contributed by atoms with Gasteiger partial charge in [0, 0.05) is 25.3 Å². The van der Waals surface area contributed by atoms with Gasteiger partial charge in [0.05, 0.1) is 22.3 Å². The van der Waals surface area contributed by atoms with E-state index in [1.807, 2.05) is 0 Å². The third kappa shape index (κ3) is 4.01. The Balaban J connectivity index is 2.05. The second kappa shape index (κ2) is 7.15. The fourth-order valence-electron chi connectivity index (χ4n) is 2.29. The van der Waals surface area contributed by atoms with Crippen LogP contribution in [0.4, 0.5) is 11.4 Å². The Bertz CT molecular complexity index is 573. The van der Waals surface area contributed by atoms with Crippen LogP contribution in [0.3, 0.4) is 0 Å². The summed E-state index contributed by atoms with van der Waals surface area (Å²) in [7, 11) is 0. The van der Waals surface area contributed by atoms with E-state index in [2.05, 4.69) is 10.6 Å². The van der Waals surface area contributed by atoms with Crippen LogP contribution in [0.5, 0.6) is 0 Å². The van der Waals surface area contributed by atoms with E-state index in [0.717, 1.165) is 0 Å². The van der Waals surface area contributed by atoms with Gasteiger partial charge in [-0.2, -0.15) is 0 Å². The van der Waals surface area contributed by atoms with E-state index in [0.29, 0.717) is 31.0 Å². The minimum Gasteiger partial charge on any atom is -0.399 e. The number of carbonyl (C=O) groups is 2. The van der Waals surface area contributed by atoms with Crippen molar-refractivity contribution in [3.63, 3.8) is 0 Å². The number of benzene rings is 1. The molecule has 0 spiro atoms. The molecule has 1 aromatic carbocycles. The molecule has 1 saturated heterocycles. The number of carbonyl (C=O) groups excluding carboxylic acids is 2. The summed E-state index contributed by atoms with van der Waals surface area (Å²) in [6.07, 6.45) is 0. The van der Waals surface area contributed by atoms with Gasteiger partial charge in [-0.1, -0.05) is 23.2 Å². The highest BCUT2D eigenvalue weighted by molar-refractivity contribution is 6.40. The number of primary amides is 1. The van der Waals surface area contributed by atoms with Crippen molar-refractivity contribution < 1.29 is 9.59 Å². The summed E-state index contributed by atoms with van der Waals surface area (Å²) in [5, 5.41) is 6.21. The van der Waals surface area contributed by atoms with Crippen molar-refractivity contribution in [3.05, 3.63) is 22.2 Å². The molecule has 9 heteroatoms. The Hall–Kier alpha value is -1.54. The highest BCUT2D eigenvalue weighted by atomic mass is 35.5. The number of halogens is 2. The van der Waals surface area contributed by atoms with Crippen molar-refractivity contribution in [1.82, 2.24) is 10.2 Å². The quantitative estimate of drug-likeness (QED) is 0.585. The van der Waals surface area contributed by atoms with Crippen LogP contribution in [0.2, 0.25) is 10.0 Å². The lowest BCUT2D eigenvalue weighted by Gasteiger charge is -2.33. The minimum atomic E-state index is -0.517. The molecular formula is C13H17Cl2N5O2. The molecule has 0 aromatic heterocycles. The third-order valence-electron chi connectivity index (χ3n) is 3.36. The summed E-state index contributed by atoms with van der Waals surface area (Å²) < 4.78 is 0. The van der Waals surface area contributed by atoms with E-state index < -0.39 is 11.9 Å². The first-order valence-corrected chi connectivity index (χ1v) is 7.42. The number of nitrogens with zero attached hydrogens (tertiary/aromatic N) is 1. The highest BCUT2D eigenvalue weighted by Gasteiger charge is 2.28. The summed E-state index contributed by atoms with van der Waals surface area (Å²) >= 11 is 12.0. The molecule has 1 aromatic rings. The molecule has 1 aliphatic rings. The first-order valence-electron chi connectivity index (χ1n) is 6.67. The predicted octanol–water partition coefficient (Wildman–Crippen LogP) is 0.273. The van der Waals surface area contributed by atoms with Gasteiger partial charge in [-0.3, -0.25) is 14.5 Å². The fraction of sp³-hybridized carbons (Fsp3) is 0.385. The topological polar surface area (TPSA) is 113 Å². The molecule has 120 valence electrons. The van der Waals surface area contributed by atoms with E-state index >= 15 is 0 Å². The molecule has 1 unspecified atom stereocenters. The number of nitrogen functional groups attached to an aromatic ring is 1. The number of piperazine rings is 1. The van der Waals surface area contributed by atoms with Gasteiger partial charge in [0.2, 0.25) is 11.8 Å². The monoisotopic (exact) mass is 345 g/mol. The Morgan fingerprint density at radius 1 is 1.36 bits per heavy atom. The van der Waals surface area contributed by atoms with Crippen LogP contribution >= 0.6 is 23.2 Å². The first-order chi connectivity index (χ1) is 10.4. The smallest absolute Gasteiger partial charge is 0.238 e. The van der Waals surface area contributed by atoms with Crippen LogP contribution in [0.25, 0.3) is 0 Å². The van der Waals surface area contributed by atoms with E-state index in [1.54, 1.807) is 4.90 Å². The molecule has 6 N–H and O–H groups in total. The van der Waals surface area contributed by atoms with Gasteiger partial charge in [0.1, 0.15) is 6.04 Å². The molecule has 0 saturated carbocycles. The molecule has 1 heterocycles. The average Bonchev–Trinajstić information content (AvgIpc) is 2.43. The largest absolute Gasteiger partial charge is 0.399 e. The van der Waals surface area contributed by atoms with Crippen LogP contribution in [-0.4, -0.2) is 48.9 Å². The van der Waals surface area contributed by atoms with Crippen molar-refractivity contribution in [3.8, 4) is 0 Å². The number of nitrogens with two attached hydrogens (primary N) is 2. The second-order valence-corrected chi connectivity index (χ2v) is 5.81. The molecule has 1 atom stereocenters. The summed E-state index contributed by atoms with van der Waals surface area (Å²) in [5.41, 5.74) is 11.7. The van der Waals surface area contributed by atoms with Gasteiger partial charge in [0.25, 0.3) is 0 Å². The number of amides is 2. The molecule has 0 radical (unpaired) electrons. The minimum absolute atomic E-state index is 0.0202. The first kappa shape index (κ1) is 16.8. The van der Waals surface area contributed by atoms with E-state index in [4.69, 9.17) is 34.7 Å². The summed E-state index contributed by atoms with van der Waals surface area (Å²) in [6.45, 7) is 1.67. The Kier molecular flexibility index (Phi) is 5.47. The van der Waals surface area contributed by atoms with Gasteiger partial charge in [-0.15, -0.1) is 0 Å². The van der Waals surface area contributed by atoms with Gasteiger partial charge < -0.3 is 22.1 Å². The molecule has 1 aliphatic heterocycles. The van der Waals surface area contributed by atoms with Crippen LogP contribution < -0.4 is 22.1 Å². The maximum atomic E-state index is 12.2. The van der Waals surface area contributed by atoms with Crippen LogP contribution in [0, 0.1) is 0 Å². The molecule has 2 rings (SSSR count). The average molecular weight is 346 g/mol. The van der Waals surface area contributed by atoms with Crippen molar-refractivity contribution in [2.24, 2.45) is 5.73 Å². The summed E-state index contributed by atoms with van der Waals surface area (Å²) in [4.78, 5) is 25.3. The Morgan fingerprint density at radius 2 is 2.00 bits per heavy atom. The number of anilines is 2. The zero-order valence-corrected chi connectivity index (χ0v) is 13.2. The molecule has 2 amide bonds. The lowest BCUT2D eigenvalue weighted by Crippen LogP contribution is -2.58. The zero-order chi connectivity index (χ0) is 16.3. The molecule has 22 heavy (non-hydrogen) atoms. The fourth-order valence-corrected chi connectivity index (χ4v) is 2.89. The van der Waals surface area contributed by atoms with Crippen molar-refractivity contribution in [2.45, 2.75) is 6.04 Å². The zero-order valence-electron chi connectivity index (χ0n) is 11.7. The van der Waals surface area contributed by atoms with Crippen molar-refractivity contribution in [1.29, 1.82) is 0 Å². The van der Waals surface area contributed by atoms with Gasteiger partial charge in [0.15, 0.2) is 0 Å². The highest BCUT2D eigenvalue weighted by Crippen LogP contribution is 2.32. The SMILES string of the molecule is NC(=O)C1CNCCN1CC(=O)Nc1c(Cl)cc(N)cc1Cl. The number of rotatable bonds is 4. The van der Waals surface area contributed by atoms with E-state index in [-0.39, 0.29) is 22.5 Å². The van der Waals surface area contributed by atoms with Gasteiger partial charge >= 0.3 is 0 Å². The maximum absolute atomic E-state index is 12.2. The molecule has 0 aliphatic carbocycles. The lowest BCUT2D eigenvalue weighted by atomic mass is 10.2. The number of hydrogen-bond donors (Lipinski definition) is 4. The molecular weight excluding hydrogens is 329 g/mol. The van der Waals surface area contributed by atoms with Gasteiger partial charge in [-0.25, -0.2) is 0 Å². The number of hydrogen-bond acceptors (Lipinski definition) is 5. The Morgan fingerprint density at radius 3 is 2.59 bits per heavy atom. The predicted molar refractivity (Wildman–Crippen MR) is 86.9 cm³/mol. The van der Waals surface area contributed by atoms with Crippen LogP contribution in [0.1, 0.15) is 0 Å². The van der Waals surface area contributed by atoms with Crippen molar-refractivity contribution in [2.75, 3.05) is 37.2 Å². The third-order valence-corrected chi connectivity index (χ3v) is 3.95. The Labute approximate surface area is 137 Å². The summed E-state index contributed by atoms with van der Waals surface area (Å²) in [6, 6.07) is 2.48. The van der Waals surface area contributed by atoms with E-state index in [9.17, 15) is 9.59 Å². The van der Waals surface area contributed by atoms with E-state index in [1.165, 1.54) is 12.1 Å². The lowest BCUT2D eigenvalue weighted by molar-refractivity contribution is -0.125. The van der Waals surface area contributed by atoms with Gasteiger partial charge in [-0.05, 0) is 12.1 Å².